The first-order valence-electron chi connectivity index (χ1n) is 11.1. The van der Waals surface area contributed by atoms with E-state index in [0.717, 1.165) is 22.9 Å². The van der Waals surface area contributed by atoms with Crippen LogP contribution >= 0.6 is 0 Å². The molecule has 0 aliphatic rings. The Bertz CT molecular complexity index is 1680. The molecule has 9 heteroatoms. The van der Waals surface area contributed by atoms with Crippen molar-refractivity contribution in [2.45, 2.75) is 6.18 Å². The van der Waals surface area contributed by atoms with Crippen molar-refractivity contribution >= 4 is 33.3 Å². The van der Waals surface area contributed by atoms with Crippen LogP contribution in [0.1, 0.15) is 5.56 Å². The summed E-state index contributed by atoms with van der Waals surface area (Å²) in [7, 11) is 0. The summed E-state index contributed by atoms with van der Waals surface area (Å²) in [6.45, 7) is -0.463. The molecule has 0 unspecified atom stereocenters. The molecular weight excluding hydrogens is 487 g/mol. The lowest BCUT2D eigenvalue weighted by molar-refractivity contribution is -0.137. The minimum atomic E-state index is -4.52. The van der Waals surface area contributed by atoms with Crippen LogP contribution in [0.25, 0.3) is 21.7 Å². The Balaban J connectivity index is 1.27. The number of carbonyl (C=O) groups excluding carboxylic acids is 1. The summed E-state index contributed by atoms with van der Waals surface area (Å²) >= 11 is 0. The molecular formula is C28H18F3NO5. The summed E-state index contributed by atoms with van der Waals surface area (Å²) in [6.07, 6.45) is -3.32. The van der Waals surface area contributed by atoms with Gasteiger partial charge in [-0.05, 0) is 53.2 Å². The van der Waals surface area contributed by atoms with Gasteiger partial charge in [-0.15, -0.1) is 0 Å². The van der Waals surface area contributed by atoms with Crippen molar-refractivity contribution in [1.82, 2.24) is 0 Å². The number of hydrogen-bond donors (Lipinski definition) is 1. The molecule has 0 aliphatic heterocycles. The van der Waals surface area contributed by atoms with Crippen LogP contribution in [0.5, 0.6) is 17.2 Å². The highest BCUT2D eigenvalue weighted by atomic mass is 19.4. The zero-order valence-corrected chi connectivity index (χ0v) is 19.0. The maximum absolute atomic E-state index is 12.9. The molecule has 5 rings (SSSR count). The van der Waals surface area contributed by atoms with Gasteiger partial charge in [0.05, 0.1) is 10.9 Å². The lowest BCUT2D eigenvalue weighted by Gasteiger charge is -2.11. The average molecular weight is 505 g/mol. The average Bonchev–Trinajstić information content (AvgIpc) is 2.89. The summed E-state index contributed by atoms with van der Waals surface area (Å²) in [5, 5.41) is 4.61. The third-order valence-corrected chi connectivity index (χ3v) is 5.51. The van der Waals surface area contributed by atoms with Crippen LogP contribution in [0.15, 0.2) is 100 Å². The molecule has 1 N–H and O–H groups in total. The van der Waals surface area contributed by atoms with Crippen LogP contribution in [-0.2, 0) is 11.0 Å². The van der Waals surface area contributed by atoms with Gasteiger partial charge >= 0.3 is 6.18 Å². The number of nitrogens with one attached hydrogen (secondary N) is 1. The van der Waals surface area contributed by atoms with E-state index in [2.05, 4.69) is 5.32 Å². The molecule has 4 aromatic carbocycles. The predicted molar refractivity (Wildman–Crippen MR) is 132 cm³/mol. The quantitative estimate of drug-likeness (QED) is 0.275. The van der Waals surface area contributed by atoms with Crippen LogP contribution in [0, 0.1) is 0 Å². The van der Waals surface area contributed by atoms with E-state index in [-0.39, 0.29) is 33.6 Å². The maximum Gasteiger partial charge on any atom is 0.416 e. The Hall–Kier alpha value is -4.79. The Kier molecular flexibility index (Phi) is 6.27. The zero-order chi connectivity index (χ0) is 26.0. The van der Waals surface area contributed by atoms with E-state index < -0.39 is 24.3 Å². The number of ether oxygens (including phenoxy) is 2. The van der Waals surface area contributed by atoms with Crippen LogP contribution < -0.4 is 20.2 Å². The van der Waals surface area contributed by atoms with Crippen molar-refractivity contribution in [1.29, 1.82) is 0 Å². The van der Waals surface area contributed by atoms with Gasteiger partial charge in [-0.3, -0.25) is 9.59 Å². The first-order valence-corrected chi connectivity index (χ1v) is 11.1. The third-order valence-electron chi connectivity index (χ3n) is 5.51. The highest BCUT2D eigenvalue weighted by molar-refractivity contribution is 5.92. The number of benzene rings is 4. The van der Waals surface area contributed by atoms with Crippen LogP contribution in [0.3, 0.4) is 0 Å². The summed E-state index contributed by atoms with van der Waals surface area (Å²) in [6, 6.07) is 21.9. The Morgan fingerprint density at radius 3 is 2.46 bits per heavy atom. The summed E-state index contributed by atoms with van der Waals surface area (Å²) in [5.74, 6) is 0.0760. The molecule has 0 bridgehead atoms. The van der Waals surface area contributed by atoms with Gasteiger partial charge in [-0.2, -0.15) is 13.2 Å². The molecule has 0 radical (unpaired) electrons. The molecule has 1 aromatic heterocycles. The van der Waals surface area contributed by atoms with Crippen molar-refractivity contribution in [3.63, 3.8) is 0 Å². The largest absolute Gasteiger partial charge is 0.484 e. The van der Waals surface area contributed by atoms with Gasteiger partial charge < -0.3 is 19.2 Å². The second-order valence-electron chi connectivity index (χ2n) is 8.11. The highest BCUT2D eigenvalue weighted by Crippen LogP contribution is 2.31. The van der Waals surface area contributed by atoms with Crippen molar-refractivity contribution in [3.05, 3.63) is 107 Å². The summed E-state index contributed by atoms with van der Waals surface area (Å²) < 4.78 is 55.3. The van der Waals surface area contributed by atoms with Crippen molar-refractivity contribution in [3.8, 4) is 17.2 Å². The van der Waals surface area contributed by atoms with E-state index in [1.807, 2.05) is 36.4 Å². The molecule has 1 heterocycles. The van der Waals surface area contributed by atoms with E-state index in [1.54, 1.807) is 6.07 Å². The number of halogens is 3. The van der Waals surface area contributed by atoms with E-state index in [4.69, 9.17) is 13.9 Å². The van der Waals surface area contributed by atoms with Gasteiger partial charge in [0.15, 0.2) is 6.61 Å². The predicted octanol–water partition coefficient (Wildman–Crippen LogP) is 6.77. The number of anilines is 1. The first kappa shape index (κ1) is 23.9. The van der Waals surface area contributed by atoms with Gasteiger partial charge in [-0.1, -0.05) is 36.4 Å². The van der Waals surface area contributed by atoms with Crippen LogP contribution in [0.4, 0.5) is 18.9 Å². The number of alkyl halides is 3. The highest BCUT2D eigenvalue weighted by Gasteiger charge is 2.30. The molecule has 6 nitrogen and oxygen atoms in total. The van der Waals surface area contributed by atoms with E-state index in [1.165, 1.54) is 36.6 Å². The smallest absolute Gasteiger partial charge is 0.416 e. The molecule has 0 saturated carbocycles. The van der Waals surface area contributed by atoms with Gasteiger partial charge in [0.2, 0.25) is 11.2 Å². The molecule has 37 heavy (non-hydrogen) atoms. The SMILES string of the molecule is O=C(COc1ccc2c(=O)c(Oc3ccc4ccccc4c3)coc2c1)Nc1cccc(C(F)(F)F)c1. The second kappa shape index (κ2) is 9.69. The fraction of sp³-hybridized carbons (Fsp3) is 0.0714. The molecule has 1 amide bonds. The topological polar surface area (TPSA) is 77.8 Å². The number of amides is 1. The Morgan fingerprint density at radius 2 is 1.65 bits per heavy atom. The number of fused-ring (bicyclic) bond motifs is 2. The van der Waals surface area contributed by atoms with Gasteiger partial charge in [0.1, 0.15) is 23.3 Å². The minimum absolute atomic E-state index is 0.00752. The Morgan fingerprint density at radius 1 is 0.865 bits per heavy atom. The third kappa shape index (κ3) is 5.40. The van der Waals surface area contributed by atoms with Crippen molar-refractivity contribution < 1.29 is 31.9 Å². The van der Waals surface area contributed by atoms with Crippen LogP contribution in [0.2, 0.25) is 0 Å². The maximum atomic E-state index is 12.9. The molecule has 5 aromatic rings. The van der Waals surface area contributed by atoms with E-state index >= 15 is 0 Å². The number of carbonyl (C=O) groups is 1. The summed E-state index contributed by atoms with van der Waals surface area (Å²) in [5.41, 5.74) is -1.05. The van der Waals surface area contributed by atoms with Crippen molar-refractivity contribution in [2.75, 3.05) is 11.9 Å². The van der Waals surface area contributed by atoms with Gasteiger partial charge in [-0.25, -0.2) is 0 Å². The Labute approximate surface area is 207 Å². The normalized spacial score (nSPS) is 11.4. The van der Waals surface area contributed by atoms with Gasteiger partial charge in [0, 0.05) is 11.8 Å². The fourth-order valence-electron chi connectivity index (χ4n) is 3.73. The minimum Gasteiger partial charge on any atom is -0.484 e. The molecule has 0 saturated heterocycles. The number of rotatable bonds is 6. The molecule has 0 spiro atoms. The van der Waals surface area contributed by atoms with Gasteiger partial charge in [0.25, 0.3) is 5.91 Å². The van der Waals surface area contributed by atoms with E-state index in [0.29, 0.717) is 5.75 Å². The molecule has 186 valence electrons. The molecule has 0 fully saturated rings. The fourth-order valence-corrected chi connectivity index (χ4v) is 3.73. The number of hydrogen-bond acceptors (Lipinski definition) is 5. The monoisotopic (exact) mass is 505 g/mol. The lowest BCUT2D eigenvalue weighted by Crippen LogP contribution is -2.20. The first-order chi connectivity index (χ1) is 17.8. The molecule has 0 atom stereocenters. The van der Waals surface area contributed by atoms with Crippen molar-refractivity contribution in [2.24, 2.45) is 0 Å². The summed E-state index contributed by atoms with van der Waals surface area (Å²) in [4.78, 5) is 25.1. The lowest BCUT2D eigenvalue weighted by atomic mass is 10.1. The van der Waals surface area contributed by atoms with E-state index in [9.17, 15) is 22.8 Å². The zero-order valence-electron chi connectivity index (χ0n) is 19.0. The standard InChI is InChI=1S/C28H18F3NO5/c29-28(30,31)19-6-3-7-20(13-19)32-26(33)16-35-21-10-11-23-24(14-21)36-15-25(27(23)34)37-22-9-8-17-4-1-2-5-18(17)12-22/h1-15H,16H2,(H,32,33). The second-order valence-corrected chi connectivity index (χ2v) is 8.11. The molecule has 0 aliphatic carbocycles. The van der Waals surface area contributed by atoms with Crippen LogP contribution in [-0.4, -0.2) is 12.5 Å².